The molecule has 2 aliphatic rings. The van der Waals surface area contributed by atoms with Gasteiger partial charge in [-0.2, -0.15) is 0 Å². The van der Waals surface area contributed by atoms with Gasteiger partial charge in [-0.15, -0.1) is 0 Å². The fraction of sp³-hybridized carbons (Fsp3) is 0.538. The molecule has 0 aromatic heterocycles. The van der Waals surface area contributed by atoms with E-state index in [1.54, 1.807) is 0 Å². The van der Waals surface area contributed by atoms with Crippen molar-refractivity contribution in [2.24, 2.45) is 23.7 Å². The minimum atomic E-state index is -2.64. The SMILES string of the molecule is COC(=O)[C@H]1/C(=C\[C@H](C)C=O)C=C[C@H](C)[C@@H]1CC[C@@H]1C[C@H](CCO[Si](c2ccccc2)(c2ccccc2)C(C)(C)C)OC(C)(C)O1. The summed E-state index contributed by atoms with van der Waals surface area (Å²) in [6.45, 7) is 15.4. The van der Waals surface area contributed by atoms with E-state index in [0.29, 0.717) is 6.61 Å². The molecule has 0 spiro atoms. The van der Waals surface area contributed by atoms with Crippen molar-refractivity contribution in [1.29, 1.82) is 0 Å². The summed E-state index contributed by atoms with van der Waals surface area (Å²) in [6, 6.07) is 21.5. The van der Waals surface area contributed by atoms with E-state index in [1.165, 1.54) is 17.5 Å². The number of methoxy groups -OCH3 is 1. The van der Waals surface area contributed by atoms with Crippen LogP contribution in [0.1, 0.15) is 74.1 Å². The lowest BCUT2D eigenvalue weighted by molar-refractivity contribution is -0.302. The highest BCUT2D eigenvalue weighted by molar-refractivity contribution is 6.99. The number of allylic oxidation sites excluding steroid dienone is 3. The third-order valence-electron chi connectivity index (χ3n) is 9.60. The largest absolute Gasteiger partial charge is 0.469 e. The molecule has 6 atom stereocenters. The molecular formula is C39H54O6Si. The number of carbonyl (C=O) groups excluding carboxylic acids is 2. The highest BCUT2D eigenvalue weighted by atomic mass is 28.4. The molecule has 1 aliphatic carbocycles. The highest BCUT2D eigenvalue weighted by Crippen LogP contribution is 2.41. The Morgan fingerprint density at radius 2 is 1.54 bits per heavy atom. The third-order valence-corrected chi connectivity index (χ3v) is 14.6. The fourth-order valence-corrected chi connectivity index (χ4v) is 12.1. The van der Waals surface area contributed by atoms with Crippen LogP contribution in [0.15, 0.2) is 84.5 Å². The van der Waals surface area contributed by atoms with Gasteiger partial charge < -0.3 is 23.4 Å². The van der Waals surface area contributed by atoms with Gasteiger partial charge >= 0.3 is 5.97 Å². The van der Waals surface area contributed by atoms with Crippen LogP contribution in [0.5, 0.6) is 0 Å². The van der Waals surface area contributed by atoms with Crippen LogP contribution >= 0.6 is 0 Å². The summed E-state index contributed by atoms with van der Waals surface area (Å²) in [6.07, 6.45) is 10.0. The second-order valence-corrected chi connectivity index (χ2v) is 18.8. The van der Waals surface area contributed by atoms with E-state index in [4.69, 9.17) is 18.6 Å². The molecule has 1 saturated heterocycles. The summed E-state index contributed by atoms with van der Waals surface area (Å²) in [4.78, 5) is 24.4. The summed E-state index contributed by atoms with van der Waals surface area (Å²) >= 11 is 0. The van der Waals surface area contributed by atoms with Crippen molar-refractivity contribution >= 4 is 30.9 Å². The molecular weight excluding hydrogens is 593 g/mol. The molecule has 1 aliphatic heterocycles. The van der Waals surface area contributed by atoms with Crippen molar-refractivity contribution in [2.75, 3.05) is 13.7 Å². The van der Waals surface area contributed by atoms with Gasteiger partial charge in [0.15, 0.2) is 5.79 Å². The molecule has 2 aromatic rings. The molecule has 2 aromatic carbocycles. The lowest BCUT2D eigenvalue weighted by atomic mass is 9.71. The Morgan fingerprint density at radius 3 is 2.07 bits per heavy atom. The molecule has 7 heteroatoms. The smallest absolute Gasteiger partial charge is 0.313 e. The summed E-state index contributed by atoms with van der Waals surface area (Å²) in [5.74, 6) is -1.42. The first kappa shape index (κ1) is 36.0. The third kappa shape index (κ3) is 8.35. The van der Waals surface area contributed by atoms with Gasteiger partial charge in [0.25, 0.3) is 8.32 Å². The first-order chi connectivity index (χ1) is 21.8. The molecule has 0 amide bonds. The van der Waals surface area contributed by atoms with Gasteiger partial charge in [0, 0.05) is 18.9 Å². The molecule has 0 radical (unpaired) electrons. The van der Waals surface area contributed by atoms with Crippen LogP contribution in [0.2, 0.25) is 5.04 Å². The molecule has 4 rings (SSSR count). The van der Waals surface area contributed by atoms with E-state index >= 15 is 0 Å². The van der Waals surface area contributed by atoms with Crippen LogP contribution in [-0.2, 0) is 28.2 Å². The van der Waals surface area contributed by atoms with Gasteiger partial charge in [0.05, 0.1) is 25.2 Å². The lowest BCUT2D eigenvalue weighted by Crippen LogP contribution is -2.66. The minimum Gasteiger partial charge on any atom is -0.469 e. The zero-order valence-corrected chi connectivity index (χ0v) is 30.0. The van der Waals surface area contributed by atoms with Crippen molar-refractivity contribution in [1.82, 2.24) is 0 Å². The quantitative estimate of drug-likeness (QED) is 0.140. The number of rotatable bonds is 12. The van der Waals surface area contributed by atoms with E-state index in [0.717, 1.165) is 37.5 Å². The normalized spacial score (nSPS) is 26.4. The van der Waals surface area contributed by atoms with Crippen molar-refractivity contribution in [3.63, 3.8) is 0 Å². The van der Waals surface area contributed by atoms with E-state index in [9.17, 15) is 9.59 Å². The second kappa shape index (κ2) is 15.4. The lowest BCUT2D eigenvalue weighted by Gasteiger charge is -2.44. The Morgan fingerprint density at radius 1 is 0.978 bits per heavy atom. The highest BCUT2D eigenvalue weighted by Gasteiger charge is 2.50. The first-order valence-electron chi connectivity index (χ1n) is 16.8. The van der Waals surface area contributed by atoms with Crippen molar-refractivity contribution in [2.45, 2.75) is 97.2 Å². The Labute approximate surface area is 277 Å². The average molecular weight is 647 g/mol. The maximum Gasteiger partial charge on any atom is 0.313 e. The number of hydrogen-bond donors (Lipinski definition) is 0. The van der Waals surface area contributed by atoms with Crippen molar-refractivity contribution in [3.05, 3.63) is 84.5 Å². The van der Waals surface area contributed by atoms with Crippen LogP contribution in [0.3, 0.4) is 0 Å². The van der Waals surface area contributed by atoms with E-state index < -0.39 is 20.0 Å². The molecule has 0 bridgehead atoms. The fourth-order valence-electron chi connectivity index (χ4n) is 7.49. The minimum absolute atomic E-state index is 0.0145. The summed E-state index contributed by atoms with van der Waals surface area (Å²) in [5.41, 5.74) is 0.862. The summed E-state index contributed by atoms with van der Waals surface area (Å²) in [7, 11) is -1.20. The Balaban J connectivity index is 1.49. The van der Waals surface area contributed by atoms with Crippen molar-refractivity contribution < 1.29 is 28.2 Å². The maximum absolute atomic E-state index is 13.0. The van der Waals surface area contributed by atoms with E-state index in [2.05, 4.69) is 94.4 Å². The molecule has 0 N–H and O–H groups in total. The maximum atomic E-state index is 13.0. The number of carbonyl (C=O) groups is 2. The van der Waals surface area contributed by atoms with Gasteiger partial charge in [-0.25, -0.2) is 0 Å². The predicted octanol–water partition coefficient (Wildman–Crippen LogP) is 7.02. The van der Waals surface area contributed by atoms with Gasteiger partial charge in [-0.1, -0.05) is 114 Å². The molecule has 250 valence electrons. The molecule has 1 heterocycles. The van der Waals surface area contributed by atoms with Crippen LogP contribution in [0, 0.1) is 23.7 Å². The standard InChI is InChI=1S/C39H54O6Si/c1-28(27-40)25-30-20-19-29(2)35(36(30)37(41)42-8)22-21-31-26-32(45-39(6,7)44-31)23-24-43-46(38(3,4)5,33-15-11-9-12-16-33)34-17-13-10-14-18-34/h9-20,25,27-29,31-32,35-36H,21-24,26H2,1-8H3/b30-25-/t28-,29-,31+,32-,35-,36-/m0/s1. The van der Waals surface area contributed by atoms with E-state index in [-0.39, 0.29) is 41.0 Å². The van der Waals surface area contributed by atoms with E-state index in [1.807, 2.05) is 32.9 Å². The van der Waals surface area contributed by atoms with Crippen LogP contribution in [0.25, 0.3) is 0 Å². The molecule has 46 heavy (non-hydrogen) atoms. The number of aldehydes is 1. The zero-order valence-electron chi connectivity index (χ0n) is 29.0. The van der Waals surface area contributed by atoms with Gasteiger partial charge in [-0.3, -0.25) is 4.79 Å². The van der Waals surface area contributed by atoms with Crippen LogP contribution in [0.4, 0.5) is 0 Å². The van der Waals surface area contributed by atoms with Gasteiger partial charge in [0.2, 0.25) is 0 Å². The molecule has 1 fully saturated rings. The zero-order chi connectivity index (χ0) is 33.5. The van der Waals surface area contributed by atoms with Gasteiger partial charge in [-0.05, 0) is 65.9 Å². The number of benzene rings is 2. The number of esters is 1. The first-order valence-corrected chi connectivity index (χ1v) is 18.8. The molecule has 0 saturated carbocycles. The topological polar surface area (TPSA) is 71.1 Å². The predicted molar refractivity (Wildman–Crippen MR) is 186 cm³/mol. The summed E-state index contributed by atoms with van der Waals surface area (Å²) < 4.78 is 25.3. The second-order valence-electron chi connectivity index (χ2n) is 14.5. The average Bonchev–Trinajstić information content (AvgIpc) is 3.02. The molecule has 0 unspecified atom stereocenters. The Bertz CT molecular complexity index is 1310. The number of hydrogen-bond acceptors (Lipinski definition) is 6. The van der Waals surface area contributed by atoms with Crippen LogP contribution in [-0.4, -0.2) is 52.3 Å². The van der Waals surface area contributed by atoms with Gasteiger partial charge in [0.1, 0.15) is 6.29 Å². The molecule has 6 nitrogen and oxygen atoms in total. The monoisotopic (exact) mass is 646 g/mol. The van der Waals surface area contributed by atoms with Crippen molar-refractivity contribution in [3.8, 4) is 0 Å². The van der Waals surface area contributed by atoms with Crippen LogP contribution < -0.4 is 10.4 Å². The Kier molecular flexibility index (Phi) is 12.0. The number of ether oxygens (including phenoxy) is 3. The summed E-state index contributed by atoms with van der Waals surface area (Å²) in [5, 5.41) is 2.45. The Hall–Kier alpha value is -2.84.